The van der Waals surface area contributed by atoms with Gasteiger partial charge in [-0.3, -0.25) is 0 Å². The molecule has 0 spiro atoms. The number of nitrogens with zero attached hydrogens (tertiary/aromatic N) is 1. The maximum absolute atomic E-state index is 13.6. The fraction of sp³-hybridized carbons (Fsp3) is 0.417. The third-order valence-electron chi connectivity index (χ3n) is 2.72. The first-order valence-corrected chi connectivity index (χ1v) is 6.03. The number of hydrogen-bond donors (Lipinski definition) is 1. The standard InChI is InChI=1S/C12H14F4N2S/c1-2-18(10-6-4-3-5-9(10)13)7-8(11(17)19)12(14,15)16/h3-6,8H,2,7H2,1H3,(H2,17,19). The first-order chi connectivity index (χ1) is 8.77. The van der Waals surface area contributed by atoms with Gasteiger partial charge in [0, 0.05) is 13.1 Å². The highest BCUT2D eigenvalue weighted by Gasteiger charge is 2.42. The van der Waals surface area contributed by atoms with Crippen LogP contribution in [0.3, 0.4) is 0 Å². The van der Waals surface area contributed by atoms with Gasteiger partial charge in [-0.05, 0) is 19.1 Å². The summed E-state index contributed by atoms with van der Waals surface area (Å²) < 4.78 is 52.0. The molecule has 19 heavy (non-hydrogen) atoms. The largest absolute Gasteiger partial charge is 0.399 e. The number of rotatable bonds is 5. The number of halogens is 4. The van der Waals surface area contributed by atoms with Gasteiger partial charge in [-0.2, -0.15) is 13.2 Å². The van der Waals surface area contributed by atoms with Gasteiger partial charge in [0.25, 0.3) is 0 Å². The highest BCUT2D eigenvalue weighted by atomic mass is 32.1. The van der Waals surface area contributed by atoms with Crippen LogP contribution in [-0.4, -0.2) is 24.3 Å². The third kappa shape index (κ3) is 4.05. The molecule has 0 amide bonds. The van der Waals surface area contributed by atoms with Gasteiger partial charge in [0.15, 0.2) is 0 Å². The topological polar surface area (TPSA) is 29.3 Å². The van der Waals surface area contributed by atoms with Crippen LogP contribution in [0.15, 0.2) is 24.3 Å². The number of nitrogens with two attached hydrogens (primary N) is 1. The Morgan fingerprint density at radius 3 is 2.37 bits per heavy atom. The summed E-state index contributed by atoms with van der Waals surface area (Å²) in [5.74, 6) is -2.53. The second-order valence-electron chi connectivity index (χ2n) is 3.99. The number of alkyl halides is 3. The van der Waals surface area contributed by atoms with Crippen LogP contribution in [0.1, 0.15) is 6.92 Å². The van der Waals surface area contributed by atoms with Crippen LogP contribution in [0.25, 0.3) is 0 Å². The molecule has 0 heterocycles. The van der Waals surface area contributed by atoms with Crippen LogP contribution in [0, 0.1) is 11.7 Å². The maximum atomic E-state index is 13.6. The van der Waals surface area contributed by atoms with Crippen molar-refractivity contribution in [2.24, 2.45) is 11.7 Å². The molecule has 7 heteroatoms. The van der Waals surface area contributed by atoms with Gasteiger partial charge in [-0.15, -0.1) is 0 Å². The highest BCUT2D eigenvalue weighted by molar-refractivity contribution is 7.80. The van der Waals surface area contributed by atoms with E-state index in [-0.39, 0.29) is 12.2 Å². The number of anilines is 1. The van der Waals surface area contributed by atoms with E-state index in [1.165, 1.54) is 23.1 Å². The molecule has 1 rings (SSSR count). The molecule has 0 saturated heterocycles. The van der Waals surface area contributed by atoms with E-state index in [2.05, 4.69) is 12.2 Å². The van der Waals surface area contributed by atoms with E-state index < -0.39 is 29.4 Å². The fourth-order valence-corrected chi connectivity index (χ4v) is 1.89. The monoisotopic (exact) mass is 294 g/mol. The van der Waals surface area contributed by atoms with Gasteiger partial charge in [-0.1, -0.05) is 24.4 Å². The molecule has 1 aromatic carbocycles. The average Bonchev–Trinajstić information content (AvgIpc) is 2.29. The Labute approximate surface area is 114 Å². The Morgan fingerprint density at radius 2 is 1.95 bits per heavy atom. The predicted molar refractivity (Wildman–Crippen MR) is 70.6 cm³/mol. The summed E-state index contributed by atoms with van der Waals surface area (Å²) in [6.45, 7) is 1.37. The van der Waals surface area contributed by atoms with Crippen molar-refractivity contribution in [3.8, 4) is 0 Å². The second-order valence-corrected chi connectivity index (χ2v) is 4.46. The molecular weight excluding hydrogens is 280 g/mol. The molecule has 0 bridgehead atoms. The summed E-state index contributed by atoms with van der Waals surface area (Å²) in [5.41, 5.74) is 5.24. The Morgan fingerprint density at radius 1 is 1.37 bits per heavy atom. The average molecular weight is 294 g/mol. The van der Waals surface area contributed by atoms with Crippen LogP contribution in [-0.2, 0) is 0 Å². The molecular formula is C12H14F4N2S. The molecule has 0 fully saturated rings. The van der Waals surface area contributed by atoms with Gasteiger partial charge in [-0.25, -0.2) is 4.39 Å². The molecule has 106 valence electrons. The molecule has 1 aromatic rings. The van der Waals surface area contributed by atoms with Crippen LogP contribution < -0.4 is 10.6 Å². The fourth-order valence-electron chi connectivity index (χ4n) is 1.68. The smallest absolute Gasteiger partial charge is 0.393 e. The summed E-state index contributed by atoms with van der Waals surface area (Å²) in [5, 5.41) is 0. The lowest BCUT2D eigenvalue weighted by molar-refractivity contribution is -0.152. The van der Waals surface area contributed by atoms with Crippen LogP contribution in [0.4, 0.5) is 23.2 Å². The Kier molecular flexibility index (Phi) is 5.11. The SMILES string of the molecule is CCN(CC(C(N)=S)C(F)(F)F)c1ccccc1F. The van der Waals surface area contributed by atoms with Crippen LogP contribution >= 0.6 is 12.2 Å². The van der Waals surface area contributed by atoms with Crippen LogP contribution in [0.2, 0.25) is 0 Å². The maximum Gasteiger partial charge on any atom is 0.399 e. The molecule has 0 saturated carbocycles. The molecule has 0 aliphatic carbocycles. The quantitative estimate of drug-likeness (QED) is 0.668. The molecule has 0 aliphatic rings. The normalized spacial score (nSPS) is 13.1. The molecule has 1 unspecified atom stereocenters. The Balaban J connectivity index is 2.99. The van der Waals surface area contributed by atoms with Gasteiger partial charge in [0.05, 0.1) is 10.7 Å². The molecule has 0 radical (unpaired) electrons. The predicted octanol–water partition coefficient (Wildman–Crippen LogP) is 3.12. The van der Waals surface area contributed by atoms with E-state index in [4.69, 9.17) is 5.73 Å². The first kappa shape index (κ1) is 15.7. The lowest BCUT2D eigenvalue weighted by Crippen LogP contribution is -2.43. The summed E-state index contributed by atoms with van der Waals surface area (Å²) >= 11 is 4.45. The van der Waals surface area contributed by atoms with Crippen LogP contribution in [0.5, 0.6) is 0 Å². The summed E-state index contributed by atoms with van der Waals surface area (Å²) in [6, 6.07) is 5.65. The number of para-hydroxylation sites is 1. The van der Waals surface area contributed by atoms with Gasteiger partial charge < -0.3 is 10.6 Å². The van der Waals surface area contributed by atoms with E-state index >= 15 is 0 Å². The van der Waals surface area contributed by atoms with Gasteiger partial charge >= 0.3 is 6.18 Å². The minimum atomic E-state index is -4.54. The molecule has 0 aromatic heterocycles. The lowest BCUT2D eigenvalue weighted by atomic mass is 10.1. The van der Waals surface area contributed by atoms with Crippen molar-refractivity contribution in [1.82, 2.24) is 0 Å². The summed E-state index contributed by atoms with van der Waals surface area (Å²) in [4.78, 5) is 0.634. The molecule has 2 N–H and O–H groups in total. The molecule has 0 aliphatic heterocycles. The van der Waals surface area contributed by atoms with Gasteiger partial charge in [0.2, 0.25) is 0 Å². The Bertz CT molecular complexity index is 448. The summed E-state index contributed by atoms with van der Waals surface area (Å²) in [6.07, 6.45) is -4.54. The highest BCUT2D eigenvalue weighted by Crippen LogP contribution is 2.29. The van der Waals surface area contributed by atoms with E-state index in [1.54, 1.807) is 13.0 Å². The van der Waals surface area contributed by atoms with E-state index in [1.807, 2.05) is 0 Å². The first-order valence-electron chi connectivity index (χ1n) is 5.62. The zero-order valence-corrected chi connectivity index (χ0v) is 11.1. The minimum Gasteiger partial charge on any atom is -0.393 e. The van der Waals surface area contributed by atoms with E-state index in [0.717, 1.165) is 0 Å². The lowest BCUT2D eigenvalue weighted by Gasteiger charge is -2.29. The van der Waals surface area contributed by atoms with Crippen molar-refractivity contribution in [2.75, 3.05) is 18.0 Å². The Hall–Kier alpha value is -1.37. The van der Waals surface area contributed by atoms with Crippen molar-refractivity contribution >= 4 is 22.9 Å². The van der Waals surface area contributed by atoms with Crippen molar-refractivity contribution in [2.45, 2.75) is 13.1 Å². The number of hydrogen-bond acceptors (Lipinski definition) is 2. The number of thiocarbonyl (C=S) groups is 1. The molecule has 1 atom stereocenters. The minimum absolute atomic E-state index is 0.107. The zero-order valence-electron chi connectivity index (χ0n) is 10.2. The summed E-state index contributed by atoms with van der Waals surface area (Å²) in [7, 11) is 0. The van der Waals surface area contributed by atoms with Crippen molar-refractivity contribution in [3.63, 3.8) is 0 Å². The zero-order chi connectivity index (χ0) is 14.6. The second kappa shape index (κ2) is 6.18. The number of benzene rings is 1. The van der Waals surface area contributed by atoms with E-state index in [9.17, 15) is 17.6 Å². The molecule has 2 nitrogen and oxygen atoms in total. The van der Waals surface area contributed by atoms with E-state index in [0.29, 0.717) is 0 Å². The van der Waals surface area contributed by atoms with Gasteiger partial charge in [0.1, 0.15) is 11.7 Å². The van der Waals surface area contributed by atoms with Crippen molar-refractivity contribution in [3.05, 3.63) is 30.1 Å². The third-order valence-corrected chi connectivity index (χ3v) is 3.00. The van der Waals surface area contributed by atoms with Crippen molar-refractivity contribution in [1.29, 1.82) is 0 Å². The van der Waals surface area contributed by atoms with Crippen molar-refractivity contribution < 1.29 is 17.6 Å².